The topological polar surface area (TPSA) is 20.2 Å². The highest BCUT2D eigenvalue weighted by Gasteiger charge is 1.94. The molecule has 0 aliphatic rings. The van der Waals surface area contributed by atoms with Crippen LogP contribution in [0.5, 0.6) is 0 Å². The standard InChI is InChI=1S/C12H16O/c1-2-3-4-7-11-8-5-6-9-12(11)10-13/h4-9,13H,2-3,10H2,1H3/b7-4+. The maximum absolute atomic E-state index is 9.04. The first-order valence-corrected chi connectivity index (χ1v) is 4.73. The van der Waals surface area contributed by atoms with E-state index in [1.54, 1.807) is 0 Å². The quantitative estimate of drug-likeness (QED) is 0.747. The summed E-state index contributed by atoms with van der Waals surface area (Å²) in [5, 5.41) is 9.04. The second kappa shape index (κ2) is 5.55. The van der Waals surface area contributed by atoms with Gasteiger partial charge in [-0.3, -0.25) is 0 Å². The van der Waals surface area contributed by atoms with Crippen LogP contribution in [0.4, 0.5) is 0 Å². The number of rotatable bonds is 4. The summed E-state index contributed by atoms with van der Waals surface area (Å²) in [5.41, 5.74) is 2.12. The first-order valence-electron chi connectivity index (χ1n) is 4.73. The monoisotopic (exact) mass is 176 g/mol. The van der Waals surface area contributed by atoms with Crippen LogP contribution < -0.4 is 0 Å². The minimum absolute atomic E-state index is 0.118. The maximum Gasteiger partial charge on any atom is 0.0687 e. The van der Waals surface area contributed by atoms with Gasteiger partial charge in [0.2, 0.25) is 0 Å². The summed E-state index contributed by atoms with van der Waals surface area (Å²) in [6.07, 6.45) is 6.49. The predicted molar refractivity (Wildman–Crippen MR) is 56.3 cm³/mol. The zero-order valence-electron chi connectivity index (χ0n) is 8.03. The molecule has 1 aromatic rings. The summed E-state index contributed by atoms with van der Waals surface area (Å²) in [5.74, 6) is 0. The second-order valence-electron chi connectivity index (χ2n) is 3.05. The molecule has 0 unspecified atom stereocenters. The molecule has 1 aromatic carbocycles. The van der Waals surface area contributed by atoms with Gasteiger partial charge >= 0.3 is 0 Å². The summed E-state index contributed by atoms with van der Waals surface area (Å²) in [7, 11) is 0. The maximum atomic E-state index is 9.04. The molecule has 70 valence electrons. The lowest BCUT2D eigenvalue weighted by molar-refractivity contribution is 0.281. The van der Waals surface area contributed by atoms with Gasteiger partial charge in [-0.2, -0.15) is 0 Å². The molecule has 1 heteroatoms. The Labute approximate surface area is 79.7 Å². The number of unbranched alkanes of at least 4 members (excludes halogenated alkanes) is 1. The van der Waals surface area contributed by atoms with Crippen LogP contribution in [0.1, 0.15) is 30.9 Å². The highest BCUT2D eigenvalue weighted by atomic mass is 16.3. The smallest absolute Gasteiger partial charge is 0.0687 e. The van der Waals surface area contributed by atoms with Gasteiger partial charge in [0.05, 0.1) is 6.61 Å². The van der Waals surface area contributed by atoms with Crippen molar-refractivity contribution in [2.75, 3.05) is 0 Å². The fourth-order valence-corrected chi connectivity index (χ4v) is 1.22. The molecule has 0 heterocycles. The van der Waals surface area contributed by atoms with Gasteiger partial charge in [-0.25, -0.2) is 0 Å². The van der Waals surface area contributed by atoms with Gasteiger partial charge in [-0.15, -0.1) is 0 Å². The average Bonchev–Trinajstić information content (AvgIpc) is 2.19. The van der Waals surface area contributed by atoms with Gasteiger partial charge in [-0.05, 0) is 17.5 Å². The Hall–Kier alpha value is -1.08. The molecule has 0 saturated carbocycles. The van der Waals surface area contributed by atoms with Crippen LogP contribution in [0.15, 0.2) is 30.3 Å². The minimum atomic E-state index is 0.118. The Morgan fingerprint density at radius 2 is 2.08 bits per heavy atom. The van der Waals surface area contributed by atoms with Crippen LogP contribution in [0.2, 0.25) is 0 Å². The van der Waals surface area contributed by atoms with Gasteiger partial charge in [0.25, 0.3) is 0 Å². The second-order valence-corrected chi connectivity index (χ2v) is 3.05. The van der Waals surface area contributed by atoms with Crippen molar-refractivity contribution in [2.24, 2.45) is 0 Å². The van der Waals surface area contributed by atoms with E-state index in [0.717, 1.165) is 24.0 Å². The summed E-state index contributed by atoms with van der Waals surface area (Å²) in [6.45, 7) is 2.27. The molecule has 0 aromatic heterocycles. The Kier molecular flexibility index (Phi) is 4.27. The van der Waals surface area contributed by atoms with Crippen molar-refractivity contribution in [1.29, 1.82) is 0 Å². The molecular weight excluding hydrogens is 160 g/mol. The first-order chi connectivity index (χ1) is 6.38. The molecule has 0 bridgehead atoms. The number of hydrogen-bond acceptors (Lipinski definition) is 1. The molecule has 1 nitrogen and oxygen atoms in total. The van der Waals surface area contributed by atoms with E-state index in [0.29, 0.717) is 0 Å². The van der Waals surface area contributed by atoms with E-state index in [-0.39, 0.29) is 6.61 Å². The molecule has 1 N–H and O–H groups in total. The van der Waals surface area contributed by atoms with Crippen molar-refractivity contribution >= 4 is 6.08 Å². The molecular formula is C12H16O. The SMILES string of the molecule is CCC/C=C/c1ccccc1CO. The van der Waals surface area contributed by atoms with Crippen molar-refractivity contribution in [3.8, 4) is 0 Å². The molecule has 1 rings (SSSR count). The van der Waals surface area contributed by atoms with E-state index in [9.17, 15) is 0 Å². The van der Waals surface area contributed by atoms with Crippen molar-refractivity contribution < 1.29 is 5.11 Å². The number of aliphatic hydroxyl groups excluding tert-OH is 1. The van der Waals surface area contributed by atoms with Crippen LogP contribution >= 0.6 is 0 Å². The lowest BCUT2D eigenvalue weighted by Gasteiger charge is -2.00. The molecule has 13 heavy (non-hydrogen) atoms. The third kappa shape index (κ3) is 3.03. The average molecular weight is 176 g/mol. The normalized spacial score (nSPS) is 10.9. The molecule has 0 fully saturated rings. The molecule has 0 aliphatic heterocycles. The van der Waals surface area contributed by atoms with Gasteiger partial charge in [0.15, 0.2) is 0 Å². The summed E-state index contributed by atoms with van der Waals surface area (Å²) in [4.78, 5) is 0. The van der Waals surface area contributed by atoms with E-state index >= 15 is 0 Å². The highest BCUT2D eigenvalue weighted by Crippen LogP contribution is 2.10. The Morgan fingerprint density at radius 3 is 2.77 bits per heavy atom. The minimum Gasteiger partial charge on any atom is -0.392 e. The van der Waals surface area contributed by atoms with Crippen molar-refractivity contribution in [2.45, 2.75) is 26.4 Å². The summed E-state index contributed by atoms with van der Waals surface area (Å²) in [6, 6.07) is 7.91. The van der Waals surface area contributed by atoms with Crippen LogP contribution in [0, 0.1) is 0 Å². The van der Waals surface area contributed by atoms with E-state index < -0.39 is 0 Å². The first kappa shape index (κ1) is 10.0. The third-order valence-corrected chi connectivity index (χ3v) is 1.98. The molecule has 0 aliphatic carbocycles. The largest absolute Gasteiger partial charge is 0.392 e. The Morgan fingerprint density at radius 1 is 1.31 bits per heavy atom. The number of hydrogen-bond donors (Lipinski definition) is 1. The van der Waals surface area contributed by atoms with E-state index in [4.69, 9.17) is 5.11 Å². The molecule has 0 radical (unpaired) electrons. The molecule has 0 saturated heterocycles. The van der Waals surface area contributed by atoms with Gasteiger partial charge in [0.1, 0.15) is 0 Å². The fraction of sp³-hybridized carbons (Fsp3) is 0.333. The number of benzene rings is 1. The Balaban J connectivity index is 2.74. The zero-order valence-corrected chi connectivity index (χ0v) is 8.03. The van der Waals surface area contributed by atoms with Crippen molar-refractivity contribution in [3.63, 3.8) is 0 Å². The van der Waals surface area contributed by atoms with Crippen LogP contribution in [-0.4, -0.2) is 5.11 Å². The predicted octanol–water partition coefficient (Wildman–Crippen LogP) is 2.99. The van der Waals surface area contributed by atoms with Crippen LogP contribution in [-0.2, 0) is 6.61 Å². The zero-order chi connectivity index (χ0) is 9.52. The third-order valence-electron chi connectivity index (χ3n) is 1.98. The lowest BCUT2D eigenvalue weighted by Crippen LogP contribution is -1.86. The fourth-order valence-electron chi connectivity index (χ4n) is 1.22. The van der Waals surface area contributed by atoms with Crippen LogP contribution in [0.25, 0.3) is 6.08 Å². The van der Waals surface area contributed by atoms with E-state index in [2.05, 4.69) is 19.1 Å². The molecule has 0 atom stereocenters. The summed E-state index contributed by atoms with van der Waals surface area (Å²) < 4.78 is 0. The van der Waals surface area contributed by atoms with E-state index in [1.165, 1.54) is 0 Å². The van der Waals surface area contributed by atoms with Gasteiger partial charge < -0.3 is 5.11 Å². The van der Waals surface area contributed by atoms with E-state index in [1.807, 2.05) is 24.3 Å². The molecule has 0 spiro atoms. The number of allylic oxidation sites excluding steroid dienone is 1. The number of aliphatic hydroxyl groups is 1. The highest BCUT2D eigenvalue weighted by molar-refractivity contribution is 5.53. The van der Waals surface area contributed by atoms with Gasteiger partial charge in [0, 0.05) is 0 Å². The Bertz CT molecular complexity index is 276. The van der Waals surface area contributed by atoms with Crippen molar-refractivity contribution in [1.82, 2.24) is 0 Å². The lowest BCUT2D eigenvalue weighted by atomic mass is 10.1. The molecule has 0 amide bonds. The summed E-state index contributed by atoms with van der Waals surface area (Å²) >= 11 is 0. The van der Waals surface area contributed by atoms with Crippen LogP contribution in [0.3, 0.4) is 0 Å². The van der Waals surface area contributed by atoms with Crippen molar-refractivity contribution in [3.05, 3.63) is 41.5 Å². The van der Waals surface area contributed by atoms with Gasteiger partial charge in [-0.1, -0.05) is 49.8 Å².